The number of H-pyrrole nitrogens is 1. The summed E-state index contributed by atoms with van der Waals surface area (Å²) in [6.45, 7) is 2.92. The van der Waals surface area contributed by atoms with E-state index in [0.29, 0.717) is 17.7 Å². The van der Waals surface area contributed by atoms with E-state index in [4.69, 9.17) is 5.73 Å². The second-order valence-corrected chi connectivity index (χ2v) is 8.59. The van der Waals surface area contributed by atoms with Crippen molar-refractivity contribution in [1.82, 2.24) is 25.9 Å². The summed E-state index contributed by atoms with van der Waals surface area (Å²) in [5, 5.41) is 26.6. The van der Waals surface area contributed by atoms with Crippen molar-refractivity contribution in [2.24, 2.45) is 11.7 Å². The Balaban J connectivity index is 2.11. The minimum Gasteiger partial charge on any atom is -0.480 e. The number of benzene rings is 1. The molecular formula is C24H34N6O6. The molecule has 1 heterocycles. The Morgan fingerprint density at radius 1 is 0.972 bits per heavy atom. The number of carbonyl (C=O) groups excluding carboxylic acids is 3. The molecule has 5 unspecified atom stereocenters. The Labute approximate surface area is 209 Å². The van der Waals surface area contributed by atoms with Crippen LogP contribution in [0.5, 0.6) is 0 Å². The lowest BCUT2D eigenvalue weighted by Gasteiger charge is -2.25. The molecule has 0 saturated heterocycles. The van der Waals surface area contributed by atoms with Crippen LogP contribution in [-0.2, 0) is 32.0 Å². The van der Waals surface area contributed by atoms with Crippen LogP contribution in [0.25, 0.3) is 0 Å². The first-order chi connectivity index (χ1) is 17.2. The molecule has 0 saturated carbocycles. The van der Waals surface area contributed by atoms with Gasteiger partial charge in [-0.25, -0.2) is 9.78 Å². The predicted molar refractivity (Wildman–Crippen MR) is 130 cm³/mol. The lowest BCUT2D eigenvalue weighted by Crippen LogP contribution is -2.59. The fraction of sp³-hybridized carbons (Fsp3) is 0.458. The third-order valence-electron chi connectivity index (χ3n) is 5.88. The van der Waals surface area contributed by atoms with Gasteiger partial charge < -0.3 is 36.9 Å². The van der Waals surface area contributed by atoms with Crippen molar-refractivity contribution < 1.29 is 29.4 Å². The van der Waals surface area contributed by atoms with E-state index < -0.39 is 54.5 Å². The van der Waals surface area contributed by atoms with Gasteiger partial charge in [0.2, 0.25) is 17.7 Å². The van der Waals surface area contributed by atoms with Crippen molar-refractivity contribution in [3.63, 3.8) is 0 Å². The molecule has 0 spiro atoms. The van der Waals surface area contributed by atoms with Crippen LogP contribution in [0.2, 0.25) is 0 Å². The van der Waals surface area contributed by atoms with Gasteiger partial charge in [0.1, 0.15) is 18.1 Å². The number of amides is 3. The molecule has 12 nitrogen and oxygen atoms in total. The molecule has 36 heavy (non-hydrogen) atoms. The van der Waals surface area contributed by atoms with Crippen molar-refractivity contribution in [1.29, 1.82) is 0 Å². The quantitative estimate of drug-likeness (QED) is 0.172. The number of nitrogens with one attached hydrogen (secondary N) is 4. The van der Waals surface area contributed by atoms with E-state index in [1.807, 2.05) is 13.8 Å². The zero-order chi connectivity index (χ0) is 26.7. The van der Waals surface area contributed by atoms with Gasteiger partial charge in [0.05, 0.1) is 19.0 Å². The summed E-state index contributed by atoms with van der Waals surface area (Å²) in [6, 6.07) is 4.01. The van der Waals surface area contributed by atoms with Crippen LogP contribution in [0, 0.1) is 5.92 Å². The van der Waals surface area contributed by atoms with Crippen molar-refractivity contribution >= 4 is 23.7 Å². The summed E-state index contributed by atoms with van der Waals surface area (Å²) in [5.41, 5.74) is 7.23. The number of carboxylic acid groups (broad SMARTS) is 1. The fourth-order valence-corrected chi connectivity index (χ4v) is 3.39. The molecule has 0 fully saturated rings. The molecule has 2 aromatic rings. The average molecular weight is 503 g/mol. The molecule has 8 N–H and O–H groups in total. The molecule has 1 aromatic carbocycles. The molecule has 12 heteroatoms. The first-order valence-corrected chi connectivity index (χ1v) is 11.7. The van der Waals surface area contributed by atoms with Gasteiger partial charge in [-0.2, -0.15) is 0 Å². The van der Waals surface area contributed by atoms with Crippen molar-refractivity contribution in [2.45, 2.75) is 57.3 Å². The summed E-state index contributed by atoms with van der Waals surface area (Å²) in [4.78, 5) is 56.8. The maximum absolute atomic E-state index is 13.0. The SMILES string of the molecule is CCC(C)C(N)C(=O)NC(Cc1cnc[nH]1)C(=O)NC(CO)C(=O)NC(Cc1ccccc1)C(=O)O. The Kier molecular flexibility index (Phi) is 11.0. The first-order valence-electron chi connectivity index (χ1n) is 11.7. The van der Waals surface area contributed by atoms with Crippen LogP contribution >= 0.6 is 0 Å². The van der Waals surface area contributed by atoms with Crippen molar-refractivity contribution in [3.8, 4) is 0 Å². The van der Waals surface area contributed by atoms with Crippen LogP contribution in [0.3, 0.4) is 0 Å². The lowest BCUT2D eigenvalue weighted by atomic mass is 9.98. The average Bonchev–Trinajstić information content (AvgIpc) is 3.38. The minimum atomic E-state index is -1.44. The smallest absolute Gasteiger partial charge is 0.326 e. The van der Waals surface area contributed by atoms with Gasteiger partial charge in [-0.3, -0.25) is 14.4 Å². The van der Waals surface area contributed by atoms with Gasteiger partial charge >= 0.3 is 5.97 Å². The second-order valence-electron chi connectivity index (χ2n) is 8.59. The zero-order valence-electron chi connectivity index (χ0n) is 20.3. The number of aliphatic hydroxyl groups excluding tert-OH is 1. The third kappa shape index (κ3) is 8.47. The number of carbonyl (C=O) groups is 4. The number of hydrogen-bond acceptors (Lipinski definition) is 7. The molecule has 2 rings (SSSR count). The third-order valence-corrected chi connectivity index (χ3v) is 5.88. The molecule has 5 atom stereocenters. The highest BCUT2D eigenvalue weighted by atomic mass is 16.4. The number of aromatic nitrogens is 2. The molecule has 0 radical (unpaired) electrons. The number of aliphatic hydroxyl groups is 1. The maximum atomic E-state index is 13.0. The van der Waals surface area contributed by atoms with E-state index >= 15 is 0 Å². The maximum Gasteiger partial charge on any atom is 0.326 e. The highest BCUT2D eigenvalue weighted by molar-refractivity contribution is 5.94. The highest BCUT2D eigenvalue weighted by Crippen LogP contribution is 2.08. The monoisotopic (exact) mass is 502 g/mol. The largest absolute Gasteiger partial charge is 0.480 e. The highest BCUT2D eigenvalue weighted by Gasteiger charge is 2.31. The first kappa shape index (κ1) is 28.5. The number of aliphatic carboxylic acids is 1. The van der Waals surface area contributed by atoms with Gasteiger partial charge in [0.25, 0.3) is 0 Å². The Hall–Kier alpha value is -3.77. The number of carboxylic acids is 1. The number of nitrogens with two attached hydrogens (primary N) is 1. The number of nitrogens with zero attached hydrogens (tertiary/aromatic N) is 1. The predicted octanol–water partition coefficient (Wildman–Crippen LogP) is -0.900. The molecular weight excluding hydrogens is 468 g/mol. The fourth-order valence-electron chi connectivity index (χ4n) is 3.39. The van der Waals surface area contributed by atoms with Gasteiger partial charge in [-0.15, -0.1) is 0 Å². The standard InChI is InChI=1S/C24H34N6O6/c1-3-14(2)20(25)23(34)28-17(10-16-11-26-13-27-16)21(32)30-19(12-31)22(33)29-18(24(35)36)9-15-7-5-4-6-8-15/h4-8,11,13-14,17-20,31H,3,9-10,12,25H2,1-2H3,(H,26,27)(H,28,34)(H,29,33)(H,30,32)(H,35,36). The minimum absolute atomic E-state index is 0.0139. The van der Waals surface area contributed by atoms with E-state index in [0.717, 1.165) is 0 Å². The van der Waals surface area contributed by atoms with Crippen LogP contribution in [0.15, 0.2) is 42.9 Å². The van der Waals surface area contributed by atoms with Crippen LogP contribution in [-0.4, -0.2) is 74.6 Å². The van der Waals surface area contributed by atoms with E-state index in [1.54, 1.807) is 30.3 Å². The van der Waals surface area contributed by atoms with Gasteiger partial charge in [0, 0.05) is 24.7 Å². The van der Waals surface area contributed by atoms with Crippen molar-refractivity contribution in [3.05, 3.63) is 54.1 Å². The van der Waals surface area contributed by atoms with Crippen LogP contribution < -0.4 is 21.7 Å². The Bertz CT molecular complexity index is 1000. The summed E-state index contributed by atoms with van der Waals surface area (Å²) in [7, 11) is 0. The second kappa shape index (κ2) is 14.0. The Morgan fingerprint density at radius 3 is 2.14 bits per heavy atom. The topological polar surface area (TPSA) is 200 Å². The zero-order valence-corrected chi connectivity index (χ0v) is 20.3. The van der Waals surface area contributed by atoms with E-state index in [-0.39, 0.29) is 18.8 Å². The van der Waals surface area contributed by atoms with Crippen molar-refractivity contribution in [2.75, 3.05) is 6.61 Å². The molecule has 0 aliphatic carbocycles. The molecule has 196 valence electrons. The molecule has 0 aliphatic heterocycles. The van der Waals surface area contributed by atoms with E-state index in [1.165, 1.54) is 12.5 Å². The summed E-state index contributed by atoms with van der Waals surface area (Å²) in [5.74, 6) is -3.56. The number of imidazole rings is 1. The number of hydrogen-bond donors (Lipinski definition) is 7. The molecule has 0 bridgehead atoms. The summed E-state index contributed by atoms with van der Waals surface area (Å²) in [6.07, 6.45) is 3.60. The molecule has 3 amide bonds. The number of rotatable bonds is 14. The lowest BCUT2D eigenvalue weighted by molar-refractivity contribution is -0.142. The van der Waals surface area contributed by atoms with E-state index in [9.17, 15) is 29.4 Å². The normalized spacial score (nSPS) is 15.1. The summed E-state index contributed by atoms with van der Waals surface area (Å²) < 4.78 is 0. The molecule has 1 aromatic heterocycles. The van der Waals surface area contributed by atoms with Gasteiger partial charge in [0.15, 0.2) is 0 Å². The summed E-state index contributed by atoms with van der Waals surface area (Å²) >= 11 is 0. The van der Waals surface area contributed by atoms with Crippen LogP contribution in [0.4, 0.5) is 0 Å². The molecule has 0 aliphatic rings. The van der Waals surface area contributed by atoms with Gasteiger partial charge in [-0.05, 0) is 11.5 Å². The van der Waals surface area contributed by atoms with Gasteiger partial charge in [-0.1, -0.05) is 50.6 Å². The van der Waals surface area contributed by atoms with Crippen LogP contribution in [0.1, 0.15) is 31.5 Å². The van der Waals surface area contributed by atoms with E-state index in [2.05, 4.69) is 25.9 Å². The Morgan fingerprint density at radius 2 is 1.58 bits per heavy atom. The number of aromatic amines is 1.